The standard InChI is InChI=1S/C11H19F3N2O/c1-9(4-7-17-11(12,13)14)16-6-5-15(3)10(2)8-16/h4,10H,5-8H2,1-3H3/b9-4+. The molecule has 1 atom stereocenters. The summed E-state index contributed by atoms with van der Waals surface area (Å²) in [6.45, 7) is 6.10. The van der Waals surface area contributed by atoms with E-state index in [-0.39, 0.29) is 0 Å². The molecule has 1 fully saturated rings. The molecule has 0 aromatic carbocycles. The largest absolute Gasteiger partial charge is 0.522 e. The van der Waals surface area contributed by atoms with Crippen molar-refractivity contribution in [1.29, 1.82) is 0 Å². The number of rotatable bonds is 3. The Balaban J connectivity index is 2.42. The van der Waals surface area contributed by atoms with Crippen molar-refractivity contribution in [2.24, 2.45) is 0 Å². The third kappa shape index (κ3) is 4.95. The molecule has 3 nitrogen and oxygen atoms in total. The van der Waals surface area contributed by atoms with Gasteiger partial charge < -0.3 is 9.80 Å². The van der Waals surface area contributed by atoms with Crippen LogP contribution in [0.15, 0.2) is 11.8 Å². The van der Waals surface area contributed by atoms with E-state index in [1.54, 1.807) is 0 Å². The molecule has 1 rings (SSSR count). The normalized spacial score (nSPS) is 24.2. The number of hydrogen-bond donors (Lipinski definition) is 0. The van der Waals surface area contributed by atoms with E-state index >= 15 is 0 Å². The molecule has 0 aromatic rings. The second-order valence-corrected chi connectivity index (χ2v) is 4.38. The zero-order valence-corrected chi connectivity index (χ0v) is 10.4. The Labute approximate surface area is 99.8 Å². The molecule has 17 heavy (non-hydrogen) atoms. The van der Waals surface area contributed by atoms with Gasteiger partial charge in [0.15, 0.2) is 0 Å². The van der Waals surface area contributed by atoms with Crippen LogP contribution >= 0.6 is 0 Å². The van der Waals surface area contributed by atoms with Crippen LogP contribution in [0.25, 0.3) is 0 Å². The second-order valence-electron chi connectivity index (χ2n) is 4.38. The molecule has 0 bridgehead atoms. The number of hydrogen-bond acceptors (Lipinski definition) is 3. The molecule has 0 saturated carbocycles. The average Bonchev–Trinajstić information content (AvgIpc) is 2.20. The van der Waals surface area contributed by atoms with Crippen LogP contribution in [-0.2, 0) is 4.74 Å². The molecule has 0 radical (unpaired) electrons. The highest BCUT2D eigenvalue weighted by Crippen LogP contribution is 2.17. The topological polar surface area (TPSA) is 15.7 Å². The summed E-state index contributed by atoms with van der Waals surface area (Å²) in [5.41, 5.74) is 0.842. The minimum atomic E-state index is -4.55. The van der Waals surface area contributed by atoms with E-state index in [0.29, 0.717) is 6.04 Å². The Kier molecular flexibility index (Phi) is 4.82. The highest BCUT2D eigenvalue weighted by Gasteiger charge is 2.28. The number of piperazine rings is 1. The van der Waals surface area contributed by atoms with Crippen LogP contribution in [0.2, 0.25) is 0 Å². The number of allylic oxidation sites excluding steroid dienone is 1. The van der Waals surface area contributed by atoms with E-state index in [4.69, 9.17) is 0 Å². The quantitative estimate of drug-likeness (QED) is 0.764. The van der Waals surface area contributed by atoms with Crippen molar-refractivity contribution in [2.75, 3.05) is 33.3 Å². The summed E-state index contributed by atoms with van der Waals surface area (Å²) in [6.07, 6.45) is -3.07. The lowest BCUT2D eigenvalue weighted by molar-refractivity contribution is -0.319. The van der Waals surface area contributed by atoms with Crippen LogP contribution in [0.4, 0.5) is 13.2 Å². The van der Waals surface area contributed by atoms with E-state index in [0.717, 1.165) is 25.3 Å². The number of ether oxygens (including phenoxy) is 1. The molecule has 1 aliphatic heterocycles. The van der Waals surface area contributed by atoms with Crippen LogP contribution in [0.5, 0.6) is 0 Å². The fourth-order valence-electron chi connectivity index (χ4n) is 1.75. The molecule has 6 heteroatoms. The van der Waals surface area contributed by atoms with Gasteiger partial charge in [-0.3, -0.25) is 4.74 Å². The number of halogens is 3. The summed E-state index contributed by atoms with van der Waals surface area (Å²) < 4.78 is 39.1. The first-order chi connectivity index (χ1) is 7.79. The summed E-state index contributed by atoms with van der Waals surface area (Å²) >= 11 is 0. The fourth-order valence-corrected chi connectivity index (χ4v) is 1.75. The molecule has 1 heterocycles. The minimum Gasteiger partial charge on any atom is -0.372 e. The predicted octanol–water partition coefficient (Wildman–Crippen LogP) is 2.06. The second kappa shape index (κ2) is 5.73. The maximum absolute atomic E-state index is 11.8. The van der Waals surface area contributed by atoms with Gasteiger partial charge in [-0.15, -0.1) is 13.2 Å². The van der Waals surface area contributed by atoms with E-state index in [2.05, 4.69) is 21.5 Å². The van der Waals surface area contributed by atoms with E-state index in [1.165, 1.54) is 6.08 Å². The van der Waals surface area contributed by atoms with Crippen molar-refractivity contribution < 1.29 is 17.9 Å². The molecule has 0 aromatic heterocycles. The minimum absolute atomic E-state index is 0.413. The molecule has 1 unspecified atom stereocenters. The summed E-state index contributed by atoms with van der Waals surface area (Å²) in [5.74, 6) is 0. The Hall–Kier alpha value is -0.750. The van der Waals surface area contributed by atoms with Gasteiger partial charge in [0.2, 0.25) is 0 Å². The monoisotopic (exact) mass is 252 g/mol. The Morgan fingerprint density at radius 2 is 2.06 bits per heavy atom. The van der Waals surface area contributed by atoms with Crippen molar-refractivity contribution >= 4 is 0 Å². The van der Waals surface area contributed by atoms with Crippen LogP contribution in [0, 0.1) is 0 Å². The number of nitrogens with zero attached hydrogens (tertiary/aromatic N) is 2. The predicted molar refractivity (Wildman–Crippen MR) is 59.4 cm³/mol. The summed E-state index contributed by atoms with van der Waals surface area (Å²) in [7, 11) is 2.05. The first-order valence-electron chi connectivity index (χ1n) is 5.62. The molecule has 0 aliphatic carbocycles. The van der Waals surface area contributed by atoms with E-state index < -0.39 is 13.0 Å². The molecular weight excluding hydrogens is 233 g/mol. The summed E-state index contributed by atoms with van der Waals surface area (Å²) in [5, 5.41) is 0. The van der Waals surface area contributed by atoms with Crippen LogP contribution < -0.4 is 0 Å². The Morgan fingerprint density at radius 1 is 1.41 bits per heavy atom. The molecule has 1 saturated heterocycles. The van der Waals surface area contributed by atoms with Crippen molar-refractivity contribution in [3.63, 3.8) is 0 Å². The molecule has 1 aliphatic rings. The zero-order valence-electron chi connectivity index (χ0n) is 10.4. The van der Waals surface area contributed by atoms with Crippen LogP contribution in [0.3, 0.4) is 0 Å². The third-order valence-electron chi connectivity index (χ3n) is 3.08. The van der Waals surface area contributed by atoms with Crippen molar-refractivity contribution in [2.45, 2.75) is 26.3 Å². The zero-order chi connectivity index (χ0) is 13.1. The first kappa shape index (κ1) is 14.3. The van der Waals surface area contributed by atoms with Gasteiger partial charge in [0.1, 0.15) is 0 Å². The van der Waals surface area contributed by atoms with Crippen molar-refractivity contribution in [3.8, 4) is 0 Å². The smallest absolute Gasteiger partial charge is 0.372 e. The Morgan fingerprint density at radius 3 is 2.59 bits per heavy atom. The van der Waals surface area contributed by atoms with Gasteiger partial charge in [-0.25, -0.2) is 0 Å². The van der Waals surface area contributed by atoms with Gasteiger partial charge in [-0.1, -0.05) is 0 Å². The lowest BCUT2D eigenvalue weighted by atomic mass is 10.2. The van der Waals surface area contributed by atoms with Gasteiger partial charge in [0.05, 0.1) is 6.61 Å². The number of likely N-dealkylation sites (N-methyl/N-ethyl adjacent to an activating group) is 1. The highest BCUT2D eigenvalue weighted by molar-refractivity contribution is 5.00. The lowest BCUT2D eigenvalue weighted by Gasteiger charge is -2.39. The van der Waals surface area contributed by atoms with Crippen LogP contribution in [-0.4, -0.2) is 55.5 Å². The average molecular weight is 252 g/mol. The fraction of sp³-hybridized carbons (Fsp3) is 0.818. The van der Waals surface area contributed by atoms with Gasteiger partial charge >= 0.3 is 6.36 Å². The highest BCUT2D eigenvalue weighted by atomic mass is 19.4. The molecule has 0 N–H and O–H groups in total. The summed E-state index contributed by atoms with van der Waals surface area (Å²) in [4.78, 5) is 4.32. The van der Waals surface area contributed by atoms with Gasteiger partial charge in [0.25, 0.3) is 0 Å². The van der Waals surface area contributed by atoms with Gasteiger partial charge in [-0.2, -0.15) is 0 Å². The molecule has 100 valence electrons. The molecule has 0 amide bonds. The van der Waals surface area contributed by atoms with Crippen molar-refractivity contribution in [3.05, 3.63) is 11.8 Å². The van der Waals surface area contributed by atoms with E-state index in [1.807, 2.05) is 14.0 Å². The van der Waals surface area contributed by atoms with Gasteiger partial charge in [0, 0.05) is 31.4 Å². The maximum atomic E-state index is 11.8. The van der Waals surface area contributed by atoms with Gasteiger partial charge in [-0.05, 0) is 27.0 Å². The van der Waals surface area contributed by atoms with E-state index in [9.17, 15) is 13.2 Å². The van der Waals surface area contributed by atoms with Crippen molar-refractivity contribution in [1.82, 2.24) is 9.80 Å². The molecular formula is C11H19F3N2O. The SMILES string of the molecule is C/C(=C\COC(F)(F)F)N1CCN(C)C(C)C1. The number of alkyl halides is 3. The summed E-state index contributed by atoms with van der Waals surface area (Å²) in [6, 6.07) is 0.413. The third-order valence-corrected chi connectivity index (χ3v) is 3.08. The van der Waals surface area contributed by atoms with Crippen LogP contribution in [0.1, 0.15) is 13.8 Å². The maximum Gasteiger partial charge on any atom is 0.522 e. The first-order valence-corrected chi connectivity index (χ1v) is 5.62. The Bertz CT molecular complexity index is 278. The lowest BCUT2D eigenvalue weighted by Crippen LogP contribution is -2.49. The molecule has 0 spiro atoms.